The summed E-state index contributed by atoms with van der Waals surface area (Å²) in [6.45, 7) is 5.93. The molecule has 0 saturated carbocycles. The number of nitrogens with zero attached hydrogens (tertiary/aromatic N) is 2. The zero-order valence-corrected chi connectivity index (χ0v) is 13.5. The molecule has 0 unspecified atom stereocenters. The molecule has 0 atom stereocenters. The predicted octanol–water partition coefficient (Wildman–Crippen LogP) is 1.13. The summed E-state index contributed by atoms with van der Waals surface area (Å²) in [5, 5.41) is 5.43. The minimum atomic E-state index is -0.176. The zero-order chi connectivity index (χ0) is 16.8. The molecule has 23 heavy (non-hydrogen) atoms. The number of anilines is 1. The Morgan fingerprint density at radius 1 is 1.09 bits per heavy atom. The van der Waals surface area contributed by atoms with Gasteiger partial charge in [-0.25, -0.2) is 4.79 Å². The average Bonchev–Trinajstić information content (AvgIpc) is 2.54. The third kappa shape index (κ3) is 4.45. The zero-order valence-electron chi connectivity index (χ0n) is 13.5. The highest BCUT2D eigenvalue weighted by molar-refractivity contribution is 5.97. The summed E-state index contributed by atoms with van der Waals surface area (Å²) in [6.07, 6.45) is 0. The smallest absolute Gasteiger partial charge is 0.317 e. The third-order valence-corrected chi connectivity index (χ3v) is 3.61. The van der Waals surface area contributed by atoms with Crippen molar-refractivity contribution in [2.24, 2.45) is 0 Å². The summed E-state index contributed by atoms with van der Waals surface area (Å²) in [7, 11) is 0. The molecule has 1 aromatic carbocycles. The van der Waals surface area contributed by atoms with E-state index in [9.17, 15) is 14.4 Å². The second-order valence-corrected chi connectivity index (χ2v) is 5.38. The van der Waals surface area contributed by atoms with Gasteiger partial charge in [0, 0.05) is 50.9 Å². The first-order valence-corrected chi connectivity index (χ1v) is 7.71. The van der Waals surface area contributed by atoms with Crippen molar-refractivity contribution in [3.63, 3.8) is 0 Å². The molecule has 0 spiro atoms. The molecule has 0 aliphatic carbocycles. The number of carbonyl (C=O) groups excluding carboxylic acids is 3. The van der Waals surface area contributed by atoms with Gasteiger partial charge in [0.15, 0.2) is 0 Å². The van der Waals surface area contributed by atoms with E-state index in [0.717, 1.165) is 0 Å². The van der Waals surface area contributed by atoms with Gasteiger partial charge in [0.25, 0.3) is 5.91 Å². The van der Waals surface area contributed by atoms with Gasteiger partial charge in [-0.15, -0.1) is 0 Å². The minimum absolute atomic E-state index is 0.0900. The fourth-order valence-corrected chi connectivity index (χ4v) is 2.49. The maximum Gasteiger partial charge on any atom is 0.317 e. The van der Waals surface area contributed by atoms with Crippen LogP contribution >= 0.6 is 0 Å². The van der Waals surface area contributed by atoms with E-state index in [1.807, 2.05) is 6.92 Å². The van der Waals surface area contributed by atoms with Gasteiger partial charge < -0.3 is 20.4 Å². The van der Waals surface area contributed by atoms with Crippen LogP contribution < -0.4 is 10.6 Å². The topological polar surface area (TPSA) is 81.8 Å². The fourth-order valence-electron chi connectivity index (χ4n) is 2.49. The normalized spacial score (nSPS) is 14.3. The van der Waals surface area contributed by atoms with Crippen molar-refractivity contribution < 1.29 is 14.4 Å². The lowest BCUT2D eigenvalue weighted by atomic mass is 10.1. The van der Waals surface area contributed by atoms with E-state index in [-0.39, 0.29) is 17.8 Å². The van der Waals surface area contributed by atoms with Gasteiger partial charge in [0.1, 0.15) is 0 Å². The van der Waals surface area contributed by atoms with Crippen LogP contribution in [0.15, 0.2) is 24.3 Å². The molecule has 1 aromatic rings. The number of hydrogen-bond donors (Lipinski definition) is 2. The Balaban J connectivity index is 1.97. The van der Waals surface area contributed by atoms with Crippen molar-refractivity contribution >= 4 is 23.5 Å². The van der Waals surface area contributed by atoms with Crippen molar-refractivity contribution in [2.75, 3.05) is 38.0 Å². The first kappa shape index (κ1) is 16.8. The van der Waals surface area contributed by atoms with E-state index >= 15 is 0 Å². The van der Waals surface area contributed by atoms with Crippen molar-refractivity contribution in [2.45, 2.75) is 13.8 Å². The number of rotatable bonds is 3. The van der Waals surface area contributed by atoms with Gasteiger partial charge in [-0.1, -0.05) is 6.07 Å². The van der Waals surface area contributed by atoms with Gasteiger partial charge in [-0.3, -0.25) is 9.59 Å². The number of urea groups is 1. The van der Waals surface area contributed by atoms with Gasteiger partial charge in [0.2, 0.25) is 5.91 Å². The molecule has 7 nitrogen and oxygen atoms in total. The van der Waals surface area contributed by atoms with Crippen LogP contribution in [0.25, 0.3) is 0 Å². The van der Waals surface area contributed by atoms with E-state index in [4.69, 9.17) is 0 Å². The monoisotopic (exact) mass is 318 g/mol. The molecule has 7 heteroatoms. The Kier molecular flexibility index (Phi) is 5.56. The summed E-state index contributed by atoms with van der Waals surface area (Å²) in [5.41, 5.74) is 1.13. The first-order chi connectivity index (χ1) is 11.0. The molecule has 2 N–H and O–H groups in total. The largest absolute Gasteiger partial charge is 0.338 e. The summed E-state index contributed by atoms with van der Waals surface area (Å²) < 4.78 is 0. The van der Waals surface area contributed by atoms with E-state index in [1.165, 1.54) is 6.92 Å². The lowest BCUT2D eigenvalue weighted by Gasteiger charge is -2.34. The highest BCUT2D eigenvalue weighted by Gasteiger charge is 2.24. The number of carbonyl (C=O) groups is 3. The molecule has 0 aromatic heterocycles. The average molecular weight is 318 g/mol. The second kappa shape index (κ2) is 7.62. The third-order valence-electron chi connectivity index (χ3n) is 3.61. The standard InChI is InChI=1S/C16H22N4O3/c1-3-17-16(23)20-9-7-19(8-10-20)15(22)13-5-4-6-14(11-13)18-12(2)21/h4-6,11H,3,7-10H2,1-2H3,(H,17,23)(H,18,21). The quantitative estimate of drug-likeness (QED) is 0.876. The van der Waals surface area contributed by atoms with Crippen LogP contribution in [0.1, 0.15) is 24.2 Å². The minimum Gasteiger partial charge on any atom is -0.338 e. The highest BCUT2D eigenvalue weighted by atomic mass is 16.2. The summed E-state index contributed by atoms with van der Waals surface area (Å²) >= 11 is 0. The Morgan fingerprint density at radius 3 is 2.35 bits per heavy atom. The molecule has 2 rings (SSSR count). The van der Waals surface area contributed by atoms with Crippen LogP contribution in [0.5, 0.6) is 0 Å². The molecule has 1 heterocycles. The molecule has 1 aliphatic heterocycles. The molecule has 1 fully saturated rings. The summed E-state index contributed by atoms with van der Waals surface area (Å²) in [6, 6.07) is 6.78. The fraction of sp³-hybridized carbons (Fsp3) is 0.438. The van der Waals surface area contributed by atoms with Crippen LogP contribution in [-0.4, -0.2) is 60.4 Å². The summed E-state index contributed by atoms with van der Waals surface area (Å²) in [5.74, 6) is -0.266. The van der Waals surface area contributed by atoms with E-state index in [1.54, 1.807) is 34.1 Å². The van der Waals surface area contributed by atoms with Gasteiger partial charge in [0.05, 0.1) is 0 Å². The lowest BCUT2D eigenvalue weighted by Crippen LogP contribution is -2.53. The first-order valence-electron chi connectivity index (χ1n) is 7.71. The molecular formula is C16H22N4O3. The Morgan fingerprint density at radius 2 is 1.74 bits per heavy atom. The summed E-state index contributed by atoms with van der Waals surface area (Å²) in [4.78, 5) is 38.8. The number of amides is 4. The molecule has 4 amide bonds. The van der Waals surface area contributed by atoms with Crippen molar-refractivity contribution in [1.82, 2.24) is 15.1 Å². The highest BCUT2D eigenvalue weighted by Crippen LogP contribution is 2.14. The Hall–Kier alpha value is -2.57. The van der Waals surface area contributed by atoms with Crippen LogP contribution in [0, 0.1) is 0 Å². The van der Waals surface area contributed by atoms with Crippen LogP contribution in [-0.2, 0) is 4.79 Å². The van der Waals surface area contributed by atoms with Crippen molar-refractivity contribution in [3.8, 4) is 0 Å². The molecule has 0 bridgehead atoms. The number of benzene rings is 1. The van der Waals surface area contributed by atoms with E-state index < -0.39 is 0 Å². The Bertz CT molecular complexity index is 595. The van der Waals surface area contributed by atoms with Gasteiger partial charge in [-0.2, -0.15) is 0 Å². The van der Waals surface area contributed by atoms with Crippen LogP contribution in [0.3, 0.4) is 0 Å². The van der Waals surface area contributed by atoms with Crippen LogP contribution in [0.2, 0.25) is 0 Å². The molecule has 0 radical (unpaired) electrons. The molecular weight excluding hydrogens is 296 g/mol. The number of hydrogen-bond acceptors (Lipinski definition) is 3. The van der Waals surface area contributed by atoms with Crippen molar-refractivity contribution in [3.05, 3.63) is 29.8 Å². The second-order valence-electron chi connectivity index (χ2n) is 5.38. The Labute approximate surface area is 135 Å². The number of piperazine rings is 1. The van der Waals surface area contributed by atoms with Crippen LogP contribution in [0.4, 0.5) is 10.5 Å². The van der Waals surface area contributed by atoms with Gasteiger partial charge in [-0.05, 0) is 25.1 Å². The molecule has 1 aliphatic rings. The van der Waals surface area contributed by atoms with Gasteiger partial charge >= 0.3 is 6.03 Å². The lowest BCUT2D eigenvalue weighted by molar-refractivity contribution is -0.114. The SMILES string of the molecule is CCNC(=O)N1CCN(C(=O)c2cccc(NC(C)=O)c2)CC1. The number of nitrogens with one attached hydrogen (secondary N) is 2. The molecule has 124 valence electrons. The van der Waals surface area contributed by atoms with E-state index in [2.05, 4.69) is 10.6 Å². The van der Waals surface area contributed by atoms with Crippen molar-refractivity contribution in [1.29, 1.82) is 0 Å². The van der Waals surface area contributed by atoms with E-state index in [0.29, 0.717) is 44.0 Å². The predicted molar refractivity (Wildman–Crippen MR) is 87.3 cm³/mol. The maximum absolute atomic E-state index is 12.5. The maximum atomic E-state index is 12.5. The molecule has 1 saturated heterocycles.